The third-order valence-corrected chi connectivity index (χ3v) is 8.41. The Morgan fingerprint density at radius 1 is 0.441 bits per heavy atom. The molecular formula is C32H29NSi. The summed E-state index contributed by atoms with van der Waals surface area (Å²) >= 11 is 0. The average molecular weight is 456 g/mol. The molecule has 34 heavy (non-hydrogen) atoms. The number of nitrogens with zero attached hydrogens (tertiary/aromatic N) is 1. The van der Waals surface area contributed by atoms with Gasteiger partial charge in [-0.3, -0.25) is 4.98 Å². The summed E-state index contributed by atoms with van der Waals surface area (Å²) in [6, 6.07) is 41.5. The molecule has 0 aliphatic carbocycles. The molecule has 2 heteroatoms. The minimum Gasteiger partial charge on any atom is -0.256 e. The van der Waals surface area contributed by atoms with Crippen molar-refractivity contribution in [3.63, 3.8) is 0 Å². The first-order valence-electron chi connectivity index (χ1n) is 11.8. The number of aromatic nitrogens is 1. The first kappa shape index (κ1) is 22.1. The molecule has 0 saturated heterocycles. The van der Waals surface area contributed by atoms with Crippen LogP contribution in [-0.2, 0) is 0 Å². The molecule has 1 nitrogen and oxygen atoms in total. The molecule has 0 saturated carbocycles. The first-order valence-corrected chi connectivity index (χ1v) is 15.3. The fraction of sp³-hybridized carbons (Fsp3) is 0.0938. The predicted molar refractivity (Wildman–Crippen MR) is 149 cm³/mol. The Balaban J connectivity index is 1.37. The third kappa shape index (κ3) is 4.78. The minimum absolute atomic E-state index is 0.998. The molecule has 0 unspecified atom stereocenters. The molecule has 0 fully saturated rings. The number of rotatable bonds is 5. The van der Waals surface area contributed by atoms with Crippen LogP contribution >= 0.6 is 0 Å². The van der Waals surface area contributed by atoms with Crippen molar-refractivity contribution in [1.29, 1.82) is 0 Å². The Labute approximate surface area is 203 Å². The van der Waals surface area contributed by atoms with E-state index in [-0.39, 0.29) is 0 Å². The van der Waals surface area contributed by atoms with Crippen molar-refractivity contribution in [2.45, 2.75) is 19.6 Å². The molecule has 0 N–H and O–H groups in total. The van der Waals surface area contributed by atoms with Gasteiger partial charge in [0.1, 0.15) is 0 Å². The Kier molecular flexibility index (Phi) is 6.00. The molecule has 166 valence electrons. The van der Waals surface area contributed by atoms with Crippen molar-refractivity contribution in [1.82, 2.24) is 4.98 Å². The summed E-state index contributed by atoms with van der Waals surface area (Å²) in [4.78, 5) is 4.45. The van der Waals surface area contributed by atoms with Crippen molar-refractivity contribution < 1.29 is 0 Å². The van der Waals surface area contributed by atoms with E-state index in [1.165, 1.54) is 38.6 Å². The van der Waals surface area contributed by atoms with Crippen LogP contribution in [-0.4, -0.2) is 13.1 Å². The zero-order chi connectivity index (χ0) is 23.5. The number of hydrogen-bond acceptors (Lipinski definition) is 1. The van der Waals surface area contributed by atoms with Gasteiger partial charge in [0.2, 0.25) is 0 Å². The van der Waals surface area contributed by atoms with E-state index in [4.69, 9.17) is 0 Å². The molecule has 0 aliphatic rings. The Morgan fingerprint density at radius 2 is 0.912 bits per heavy atom. The van der Waals surface area contributed by atoms with Gasteiger partial charge in [0.05, 0.1) is 13.8 Å². The SMILES string of the molecule is C[Si](C)(C)c1ccc(-c2ccc(-c3cccc(-c4ccc(-c5ccccn5)cc4)c3)cc2)cc1. The van der Waals surface area contributed by atoms with Gasteiger partial charge in [-0.1, -0.05) is 122 Å². The van der Waals surface area contributed by atoms with Crippen LogP contribution < -0.4 is 5.19 Å². The summed E-state index contributed by atoms with van der Waals surface area (Å²) in [7, 11) is -1.27. The Bertz CT molecular complexity index is 1380. The first-order chi connectivity index (χ1) is 16.5. The monoisotopic (exact) mass is 455 g/mol. The van der Waals surface area contributed by atoms with Crippen LogP contribution in [0.5, 0.6) is 0 Å². The Hall–Kier alpha value is -3.75. The lowest BCUT2D eigenvalue weighted by Crippen LogP contribution is -2.37. The van der Waals surface area contributed by atoms with Crippen LogP contribution in [0.25, 0.3) is 44.6 Å². The summed E-state index contributed by atoms with van der Waals surface area (Å²) in [5.41, 5.74) is 9.55. The molecule has 0 bridgehead atoms. The van der Waals surface area contributed by atoms with E-state index < -0.39 is 8.07 Å². The zero-order valence-corrected chi connectivity index (χ0v) is 21.0. The second kappa shape index (κ2) is 9.24. The normalized spacial score (nSPS) is 11.4. The highest BCUT2D eigenvalue weighted by atomic mass is 28.3. The van der Waals surface area contributed by atoms with E-state index in [2.05, 4.69) is 122 Å². The fourth-order valence-corrected chi connectivity index (χ4v) is 5.43. The molecule has 1 aromatic heterocycles. The molecule has 5 aromatic rings. The fourth-order valence-electron chi connectivity index (χ4n) is 4.26. The summed E-state index contributed by atoms with van der Waals surface area (Å²) in [5, 5.41) is 1.50. The average Bonchev–Trinajstić information content (AvgIpc) is 2.89. The van der Waals surface area contributed by atoms with Gasteiger partial charge in [-0.15, -0.1) is 0 Å². The van der Waals surface area contributed by atoms with Crippen molar-refractivity contribution in [3.05, 3.63) is 121 Å². The number of pyridine rings is 1. The van der Waals surface area contributed by atoms with Crippen LogP contribution in [0.2, 0.25) is 19.6 Å². The van der Waals surface area contributed by atoms with Crippen molar-refractivity contribution in [2.24, 2.45) is 0 Å². The second-order valence-electron chi connectivity index (χ2n) is 9.78. The van der Waals surface area contributed by atoms with Crippen LogP contribution in [0.1, 0.15) is 0 Å². The van der Waals surface area contributed by atoms with Crippen LogP contribution in [0.15, 0.2) is 121 Å². The zero-order valence-electron chi connectivity index (χ0n) is 20.0. The summed E-state index contributed by atoms with van der Waals surface area (Å²) in [6.07, 6.45) is 1.83. The number of hydrogen-bond donors (Lipinski definition) is 0. The lowest BCUT2D eigenvalue weighted by atomic mass is 9.96. The summed E-state index contributed by atoms with van der Waals surface area (Å²) in [6.45, 7) is 7.17. The van der Waals surface area contributed by atoms with Crippen molar-refractivity contribution in [2.75, 3.05) is 0 Å². The van der Waals surface area contributed by atoms with Gasteiger partial charge in [0.25, 0.3) is 0 Å². The second-order valence-corrected chi connectivity index (χ2v) is 14.9. The maximum Gasteiger partial charge on any atom is 0.0775 e. The quantitative estimate of drug-likeness (QED) is 0.243. The highest BCUT2D eigenvalue weighted by Crippen LogP contribution is 2.29. The van der Waals surface area contributed by atoms with Crippen molar-refractivity contribution >= 4 is 13.3 Å². The van der Waals surface area contributed by atoms with Crippen LogP contribution in [0.4, 0.5) is 0 Å². The largest absolute Gasteiger partial charge is 0.256 e. The standard InChI is InChI=1S/C32H29NSi/c1-34(2,3)31-20-18-25(19-21-31)24-10-12-26(13-11-24)29-7-6-8-30(23-29)27-14-16-28(17-15-27)32-9-4-5-22-33-32/h4-23H,1-3H3. The smallest absolute Gasteiger partial charge is 0.0775 e. The Morgan fingerprint density at radius 3 is 1.38 bits per heavy atom. The molecule has 0 aliphatic heterocycles. The van der Waals surface area contributed by atoms with Crippen molar-refractivity contribution in [3.8, 4) is 44.6 Å². The van der Waals surface area contributed by atoms with Gasteiger partial charge >= 0.3 is 0 Å². The van der Waals surface area contributed by atoms with Gasteiger partial charge in [-0.05, 0) is 51.6 Å². The van der Waals surface area contributed by atoms with E-state index in [0.717, 1.165) is 11.3 Å². The summed E-state index contributed by atoms with van der Waals surface area (Å²) in [5.74, 6) is 0. The number of benzene rings is 4. The van der Waals surface area contributed by atoms with Crippen LogP contribution in [0.3, 0.4) is 0 Å². The van der Waals surface area contributed by atoms with Gasteiger partial charge in [-0.2, -0.15) is 0 Å². The molecular weight excluding hydrogens is 426 g/mol. The van der Waals surface area contributed by atoms with E-state index in [1.807, 2.05) is 24.4 Å². The molecule has 1 heterocycles. The highest BCUT2D eigenvalue weighted by molar-refractivity contribution is 6.88. The minimum atomic E-state index is -1.27. The van der Waals surface area contributed by atoms with Gasteiger partial charge < -0.3 is 0 Å². The molecule has 0 atom stereocenters. The lowest BCUT2D eigenvalue weighted by molar-refractivity contribution is 1.33. The third-order valence-electron chi connectivity index (χ3n) is 6.34. The predicted octanol–water partition coefficient (Wildman–Crippen LogP) is 8.29. The summed E-state index contributed by atoms with van der Waals surface area (Å²) < 4.78 is 0. The molecule has 0 radical (unpaired) electrons. The highest BCUT2D eigenvalue weighted by Gasteiger charge is 2.15. The molecule has 4 aromatic carbocycles. The van der Waals surface area contributed by atoms with E-state index in [1.54, 1.807) is 0 Å². The topological polar surface area (TPSA) is 12.9 Å². The maximum atomic E-state index is 4.45. The molecule has 0 spiro atoms. The van der Waals surface area contributed by atoms with E-state index in [0.29, 0.717) is 0 Å². The van der Waals surface area contributed by atoms with Gasteiger partial charge in [0.15, 0.2) is 0 Å². The van der Waals surface area contributed by atoms with Gasteiger partial charge in [0, 0.05) is 11.8 Å². The van der Waals surface area contributed by atoms with Gasteiger partial charge in [-0.25, -0.2) is 0 Å². The maximum absolute atomic E-state index is 4.45. The molecule has 5 rings (SSSR count). The van der Waals surface area contributed by atoms with Crippen LogP contribution in [0, 0.1) is 0 Å². The van der Waals surface area contributed by atoms with E-state index in [9.17, 15) is 0 Å². The molecule has 0 amide bonds. The lowest BCUT2D eigenvalue weighted by Gasteiger charge is -2.16. The van der Waals surface area contributed by atoms with E-state index >= 15 is 0 Å².